The van der Waals surface area contributed by atoms with Crippen LogP contribution in [0, 0.1) is 0 Å². The molecule has 0 heterocycles. The van der Waals surface area contributed by atoms with Gasteiger partial charge >= 0.3 is 10.4 Å². The highest BCUT2D eigenvalue weighted by molar-refractivity contribution is 7.98. The van der Waals surface area contributed by atoms with Gasteiger partial charge in [0.25, 0.3) is 0 Å². The Morgan fingerprint density at radius 1 is 0.857 bits per heavy atom. The van der Waals surface area contributed by atoms with Gasteiger partial charge in [-0.2, -0.15) is 9.27 Å². The number of amides is 1. The van der Waals surface area contributed by atoms with Crippen molar-refractivity contribution < 1.29 is 13.6 Å². The summed E-state index contributed by atoms with van der Waals surface area (Å²) in [6.45, 7) is 0. The molecule has 0 radical (unpaired) electrons. The molecule has 0 aliphatic rings. The van der Waals surface area contributed by atoms with E-state index in [1.165, 1.54) is 12.3 Å². The predicted molar refractivity (Wildman–Crippen MR) is 116 cm³/mol. The fraction of sp³-hybridized carbons (Fsp3) is 0.0455. The Balaban J connectivity index is 1.58. The van der Waals surface area contributed by atoms with Gasteiger partial charge in [-0.25, -0.2) is 0 Å². The number of carbonyl (C=O) groups is 1. The van der Waals surface area contributed by atoms with Gasteiger partial charge in [0.15, 0.2) is 6.26 Å². The van der Waals surface area contributed by atoms with E-state index in [0.29, 0.717) is 5.69 Å². The van der Waals surface area contributed by atoms with E-state index in [9.17, 15) is 13.6 Å². The molecule has 28 heavy (non-hydrogen) atoms. The van der Waals surface area contributed by atoms with Crippen molar-refractivity contribution in [2.24, 2.45) is 0 Å². The van der Waals surface area contributed by atoms with Crippen LogP contribution >= 0.6 is 0 Å². The Kier molecular flexibility index (Phi) is 6.03. The van der Waals surface area contributed by atoms with Crippen molar-refractivity contribution in [3.8, 4) is 11.1 Å². The maximum Gasteiger partial charge on any atom is 0.307 e. The fourth-order valence-electron chi connectivity index (χ4n) is 2.61. The van der Waals surface area contributed by atoms with Crippen molar-refractivity contribution in [2.45, 2.75) is 0 Å². The normalized spacial score (nSPS) is 13.1. The number of hydrogen-bond donors (Lipinski definition) is 3. The summed E-state index contributed by atoms with van der Waals surface area (Å²) in [5.74, 6) is -0.235. The molecule has 0 aromatic heterocycles. The van der Waals surface area contributed by atoms with Crippen molar-refractivity contribution in [2.75, 3.05) is 16.3 Å². The molecule has 3 rings (SSSR count). The molecule has 3 aromatic carbocycles. The van der Waals surface area contributed by atoms with Gasteiger partial charge in [-0.15, -0.1) is 0 Å². The van der Waals surface area contributed by atoms with Crippen molar-refractivity contribution >= 4 is 33.8 Å². The van der Waals surface area contributed by atoms with Crippen molar-refractivity contribution in [3.05, 3.63) is 90.5 Å². The molecule has 0 spiro atoms. The number of nitrogens with one attached hydrogen (secondary N) is 2. The van der Waals surface area contributed by atoms with E-state index < -0.39 is 10.4 Å². The SMILES string of the molecule is C[S+](=O)(O)Nc1ccc(/C=C/C(=O)Nc2ccc(-c3ccccc3)cc2)cc1. The van der Waals surface area contributed by atoms with Gasteiger partial charge in [0.1, 0.15) is 0 Å². The Morgan fingerprint density at radius 3 is 2.04 bits per heavy atom. The summed E-state index contributed by atoms with van der Waals surface area (Å²) in [6.07, 6.45) is 4.33. The van der Waals surface area contributed by atoms with Gasteiger partial charge < -0.3 is 5.32 Å². The maximum atomic E-state index is 12.1. The zero-order valence-corrected chi connectivity index (χ0v) is 16.1. The van der Waals surface area contributed by atoms with Crippen LogP contribution in [0.25, 0.3) is 17.2 Å². The Hall–Kier alpha value is -3.22. The lowest BCUT2D eigenvalue weighted by molar-refractivity contribution is -0.111. The van der Waals surface area contributed by atoms with E-state index in [1.54, 1.807) is 30.3 Å². The molecule has 1 atom stereocenters. The van der Waals surface area contributed by atoms with Gasteiger partial charge in [-0.05, 0) is 51.2 Å². The minimum absolute atomic E-state index is 0.235. The summed E-state index contributed by atoms with van der Waals surface area (Å²) in [6, 6.07) is 24.6. The monoisotopic (exact) mass is 393 g/mol. The van der Waals surface area contributed by atoms with Crippen LogP contribution in [0.15, 0.2) is 84.9 Å². The number of anilines is 2. The van der Waals surface area contributed by atoms with Crippen LogP contribution in [-0.4, -0.2) is 16.7 Å². The standard InChI is InChI=1S/C22H20N2O3S/c1-28(26,27)24-21-12-7-17(8-13-21)9-16-22(25)23-20-14-10-19(11-15-20)18-5-3-2-4-6-18/h2-16H,1H3,(H2-,23,24,25,26,27)/p+1. The lowest BCUT2D eigenvalue weighted by atomic mass is 10.1. The minimum atomic E-state index is -3.05. The average Bonchev–Trinajstić information content (AvgIpc) is 2.68. The summed E-state index contributed by atoms with van der Waals surface area (Å²) < 4.78 is 23.1. The Labute approximate surface area is 165 Å². The molecule has 1 unspecified atom stereocenters. The molecule has 0 saturated heterocycles. The first-order chi connectivity index (χ1) is 13.4. The molecule has 6 heteroatoms. The molecule has 5 nitrogen and oxygen atoms in total. The second kappa shape index (κ2) is 8.65. The van der Waals surface area contributed by atoms with Crippen molar-refractivity contribution in [1.29, 1.82) is 0 Å². The second-order valence-corrected chi connectivity index (χ2v) is 8.10. The molecule has 0 bridgehead atoms. The highest BCUT2D eigenvalue weighted by atomic mass is 32.3. The quantitative estimate of drug-likeness (QED) is 0.410. The average molecular weight is 393 g/mol. The zero-order valence-electron chi connectivity index (χ0n) is 15.3. The maximum absolute atomic E-state index is 12.1. The van der Waals surface area contributed by atoms with Gasteiger partial charge in [0.05, 0.1) is 5.69 Å². The van der Waals surface area contributed by atoms with Crippen LogP contribution in [0.1, 0.15) is 5.56 Å². The molecule has 0 aliphatic carbocycles. The van der Waals surface area contributed by atoms with Crippen LogP contribution in [0.5, 0.6) is 0 Å². The van der Waals surface area contributed by atoms with Gasteiger partial charge in [-0.1, -0.05) is 54.6 Å². The van der Waals surface area contributed by atoms with Crippen molar-refractivity contribution in [3.63, 3.8) is 0 Å². The lowest BCUT2D eigenvalue weighted by Crippen LogP contribution is -2.17. The number of carbonyl (C=O) groups excluding carboxylic acids is 1. The molecular weight excluding hydrogens is 372 g/mol. The third kappa shape index (κ3) is 5.90. The third-order valence-electron chi connectivity index (χ3n) is 3.90. The van der Waals surface area contributed by atoms with Gasteiger partial charge in [-0.3, -0.25) is 4.79 Å². The first-order valence-corrected chi connectivity index (χ1v) is 10.6. The molecular formula is C22H21N2O3S+. The minimum Gasteiger partial charge on any atom is -0.323 e. The summed E-state index contributed by atoms with van der Waals surface area (Å²) >= 11 is 0. The Morgan fingerprint density at radius 2 is 1.43 bits per heavy atom. The van der Waals surface area contributed by atoms with Gasteiger partial charge in [0, 0.05) is 11.8 Å². The Bertz CT molecular complexity index is 1010. The zero-order chi connectivity index (χ0) is 20.0. The summed E-state index contributed by atoms with van der Waals surface area (Å²) in [5.41, 5.74) is 4.27. The second-order valence-electron chi connectivity index (χ2n) is 6.29. The fourth-order valence-corrected chi connectivity index (χ4v) is 3.19. The molecule has 0 aliphatic heterocycles. The van der Waals surface area contributed by atoms with Crippen LogP contribution < -0.4 is 10.0 Å². The van der Waals surface area contributed by atoms with Crippen LogP contribution in [-0.2, 0) is 19.4 Å². The summed E-state index contributed by atoms with van der Waals surface area (Å²) in [5, 5.41) is 2.82. The largest absolute Gasteiger partial charge is 0.323 e. The number of rotatable bonds is 6. The van der Waals surface area contributed by atoms with Crippen LogP contribution in [0.3, 0.4) is 0 Å². The lowest BCUT2D eigenvalue weighted by Gasteiger charge is -2.05. The van der Waals surface area contributed by atoms with E-state index in [2.05, 4.69) is 10.0 Å². The van der Waals surface area contributed by atoms with Crippen molar-refractivity contribution in [1.82, 2.24) is 0 Å². The highest BCUT2D eigenvalue weighted by Crippen LogP contribution is 2.21. The van der Waals surface area contributed by atoms with E-state index in [1.807, 2.05) is 54.6 Å². The number of benzene rings is 3. The molecule has 0 fully saturated rings. The van der Waals surface area contributed by atoms with Crippen LogP contribution in [0.2, 0.25) is 0 Å². The highest BCUT2D eigenvalue weighted by Gasteiger charge is 2.14. The van der Waals surface area contributed by atoms with Crippen LogP contribution in [0.4, 0.5) is 11.4 Å². The summed E-state index contributed by atoms with van der Waals surface area (Å²) in [7, 11) is -3.05. The molecule has 1 amide bonds. The first kappa shape index (κ1) is 19.5. The van der Waals surface area contributed by atoms with Gasteiger partial charge in [0.2, 0.25) is 5.91 Å². The van der Waals surface area contributed by atoms with E-state index >= 15 is 0 Å². The predicted octanol–water partition coefficient (Wildman–Crippen LogP) is 4.93. The third-order valence-corrected chi connectivity index (χ3v) is 4.52. The molecule has 142 valence electrons. The van der Waals surface area contributed by atoms with E-state index in [-0.39, 0.29) is 5.91 Å². The molecule has 3 N–H and O–H groups in total. The number of hydrogen-bond acceptors (Lipinski definition) is 2. The molecule has 3 aromatic rings. The topological polar surface area (TPSA) is 78.4 Å². The summed E-state index contributed by atoms with van der Waals surface area (Å²) in [4.78, 5) is 12.1. The molecule has 0 saturated carbocycles. The first-order valence-electron chi connectivity index (χ1n) is 8.63. The smallest absolute Gasteiger partial charge is 0.307 e. The van der Waals surface area contributed by atoms with E-state index in [4.69, 9.17) is 0 Å². The van der Waals surface area contributed by atoms with E-state index in [0.717, 1.165) is 22.4 Å².